The SMILES string of the molecule is CCN1CCN(C(=O)N(CCC(=O)O)C(C)(C)C)CC1. The van der Waals surface area contributed by atoms with Gasteiger partial charge in [-0.3, -0.25) is 4.79 Å². The van der Waals surface area contributed by atoms with Gasteiger partial charge in [0.1, 0.15) is 0 Å². The highest BCUT2D eigenvalue weighted by molar-refractivity contribution is 5.76. The quantitative estimate of drug-likeness (QED) is 0.846. The lowest BCUT2D eigenvalue weighted by Gasteiger charge is -2.42. The largest absolute Gasteiger partial charge is 0.481 e. The summed E-state index contributed by atoms with van der Waals surface area (Å²) in [6, 6.07) is -0.0468. The molecule has 0 aliphatic carbocycles. The van der Waals surface area contributed by atoms with Crippen LogP contribution in [0.25, 0.3) is 0 Å². The van der Waals surface area contributed by atoms with Crippen molar-refractivity contribution in [3.8, 4) is 0 Å². The fourth-order valence-electron chi connectivity index (χ4n) is 2.35. The molecule has 6 heteroatoms. The smallest absolute Gasteiger partial charge is 0.320 e. The van der Waals surface area contributed by atoms with Gasteiger partial charge in [-0.25, -0.2) is 4.79 Å². The minimum absolute atomic E-state index is 0.0159. The van der Waals surface area contributed by atoms with Crippen molar-refractivity contribution in [1.82, 2.24) is 14.7 Å². The molecule has 1 aliphatic rings. The van der Waals surface area contributed by atoms with Gasteiger partial charge in [0, 0.05) is 38.3 Å². The van der Waals surface area contributed by atoms with Crippen molar-refractivity contribution in [2.75, 3.05) is 39.3 Å². The topological polar surface area (TPSA) is 64.1 Å². The molecule has 1 N–H and O–H groups in total. The normalized spacial score (nSPS) is 17.1. The standard InChI is InChI=1S/C14H27N3O3/c1-5-15-8-10-16(11-9-15)13(20)17(14(2,3)4)7-6-12(18)19/h5-11H2,1-4H3,(H,18,19). The Balaban J connectivity index is 2.66. The van der Waals surface area contributed by atoms with Gasteiger partial charge in [0.2, 0.25) is 0 Å². The maximum Gasteiger partial charge on any atom is 0.320 e. The van der Waals surface area contributed by atoms with Crippen molar-refractivity contribution < 1.29 is 14.7 Å². The highest BCUT2D eigenvalue weighted by atomic mass is 16.4. The van der Waals surface area contributed by atoms with Crippen LogP contribution in [0, 0.1) is 0 Å². The van der Waals surface area contributed by atoms with Gasteiger partial charge < -0.3 is 19.8 Å². The monoisotopic (exact) mass is 285 g/mol. The van der Waals surface area contributed by atoms with Crippen LogP contribution in [0.5, 0.6) is 0 Å². The molecule has 0 aromatic heterocycles. The molecule has 0 aromatic carbocycles. The van der Waals surface area contributed by atoms with Crippen molar-refractivity contribution >= 4 is 12.0 Å². The van der Waals surface area contributed by atoms with E-state index in [1.54, 1.807) is 4.90 Å². The first-order valence-electron chi connectivity index (χ1n) is 7.26. The summed E-state index contributed by atoms with van der Waals surface area (Å²) >= 11 is 0. The van der Waals surface area contributed by atoms with Gasteiger partial charge in [0.15, 0.2) is 0 Å². The van der Waals surface area contributed by atoms with Crippen LogP contribution in [0.2, 0.25) is 0 Å². The van der Waals surface area contributed by atoms with E-state index in [0.29, 0.717) is 13.1 Å². The number of carbonyl (C=O) groups excluding carboxylic acids is 1. The maximum atomic E-state index is 12.6. The van der Waals surface area contributed by atoms with Crippen molar-refractivity contribution in [2.24, 2.45) is 0 Å². The van der Waals surface area contributed by atoms with E-state index in [0.717, 1.165) is 19.6 Å². The van der Waals surface area contributed by atoms with E-state index in [2.05, 4.69) is 11.8 Å². The van der Waals surface area contributed by atoms with Crippen LogP contribution in [0.3, 0.4) is 0 Å². The number of carboxylic acid groups (broad SMARTS) is 1. The van der Waals surface area contributed by atoms with E-state index in [-0.39, 0.29) is 24.5 Å². The highest BCUT2D eigenvalue weighted by Gasteiger charge is 2.31. The lowest BCUT2D eigenvalue weighted by molar-refractivity contribution is -0.137. The Morgan fingerprint density at radius 2 is 1.70 bits per heavy atom. The molecule has 1 aliphatic heterocycles. The van der Waals surface area contributed by atoms with Crippen molar-refractivity contribution in [3.05, 3.63) is 0 Å². The lowest BCUT2D eigenvalue weighted by atomic mass is 10.1. The number of urea groups is 1. The van der Waals surface area contributed by atoms with Gasteiger partial charge in [0.05, 0.1) is 6.42 Å². The second kappa shape index (κ2) is 6.92. The van der Waals surface area contributed by atoms with Crippen LogP contribution in [0.1, 0.15) is 34.1 Å². The van der Waals surface area contributed by atoms with Crippen LogP contribution in [0.15, 0.2) is 0 Å². The minimum Gasteiger partial charge on any atom is -0.481 e. The molecule has 0 aromatic rings. The summed E-state index contributed by atoms with van der Waals surface area (Å²) in [6.45, 7) is 12.4. The van der Waals surface area contributed by atoms with Gasteiger partial charge >= 0.3 is 12.0 Å². The van der Waals surface area contributed by atoms with E-state index in [4.69, 9.17) is 5.11 Å². The molecule has 1 heterocycles. The summed E-state index contributed by atoms with van der Waals surface area (Å²) < 4.78 is 0. The van der Waals surface area contributed by atoms with Crippen LogP contribution >= 0.6 is 0 Å². The molecule has 0 atom stereocenters. The molecule has 1 rings (SSSR count). The maximum absolute atomic E-state index is 12.6. The number of aliphatic carboxylic acids is 1. The number of hydrogen-bond donors (Lipinski definition) is 1. The summed E-state index contributed by atoms with van der Waals surface area (Å²) in [5, 5.41) is 8.83. The van der Waals surface area contributed by atoms with E-state index < -0.39 is 5.97 Å². The Morgan fingerprint density at radius 3 is 2.10 bits per heavy atom. The Labute approximate surface area is 121 Å². The van der Waals surface area contributed by atoms with E-state index in [1.807, 2.05) is 25.7 Å². The zero-order valence-electron chi connectivity index (χ0n) is 13.1. The minimum atomic E-state index is -0.872. The average Bonchev–Trinajstić information content (AvgIpc) is 2.37. The van der Waals surface area contributed by atoms with Crippen LogP contribution in [-0.2, 0) is 4.79 Å². The summed E-state index contributed by atoms with van der Waals surface area (Å²) in [4.78, 5) is 29.2. The number of carboxylic acids is 1. The fraction of sp³-hybridized carbons (Fsp3) is 0.857. The van der Waals surface area contributed by atoms with Crippen LogP contribution < -0.4 is 0 Å². The molecule has 0 saturated carbocycles. The predicted octanol–water partition coefficient (Wildman–Crippen LogP) is 1.32. The third-order valence-corrected chi connectivity index (χ3v) is 3.68. The molecule has 2 amide bonds. The third kappa shape index (κ3) is 4.67. The van der Waals surface area contributed by atoms with Gasteiger partial charge in [-0.15, -0.1) is 0 Å². The second-order valence-corrected chi connectivity index (χ2v) is 6.17. The Kier molecular flexibility index (Phi) is 5.80. The molecule has 6 nitrogen and oxygen atoms in total. The summed E-state index contributed by atoms with van der Waals surface area (Å²) in [6.07, 6.45) is -0.0159. The number of carbonyl (C=O) groups is 2. The summed E-state index contributed by atoms with van der Waals surface area (Å²) in [5.74, 6) is -0.872. The molecule has 20 heavy (non-hydrogen) atoms. The van der Waals surface area contributed by atoms with Crippen molar-refractivity contribution in [3.63, 3.8) is 0 Å². The third-order valence-electron chi connectivity index (χ3n) is 3.68. The number of amides is 2. The Morgan fingerprint density at radius 1 is 1.15 bits per heavy atom. The summed E-state index contributed by atoms with van der Waals surface area (Å²) in [7, 11) is 0. The van der Waals surface area contributed by atoms with E-state index >= 15 is 0 Å². The molecular weight excluding hydrogens is 258 g/mol. The predicted molar refractivity (Wildman–Crippen MR) is 77.8 cm³/mol. The summed E-state index contributed by atoms with van der Waals surface area (Å²) in [5.41, 5.74) is -0.367. The van der Waals surface area contributed by atoms with Gasteiger partial charge in [0.25, 0.3) is 0 Å². The average molecular weight is 285 g/mol. The van der Waals surface area contributed by atoms with Crippen LogP contribution in [0.4, 0.5) is 4.79 Å². The van der Waals surface area contributed by atoms with Gasteiger partial charge in [-0.1, -0.05) is 6.92 Å². The highest BCUT2D eigenvalue weighted by Crippen LogP contribution is 2.17. The number of piperazine rings is 1. The van der Waals surface area contributed by atoms with Gasteiger partial charge in [-0.05, 0) is 27.3 Å². The zero-order chi connectivity index (χ0) is 15.3. The molecule has 1 saturated heterocycles. The molecule has 1 fully saturated rings. The Bertz CT molecular complexity index is 344. The van der Waals surface area contributed by atoms with Crippen molar-refractivity contribution in [1.29, 1.82) is 0 Å². The second-order valence-electron chi connectivity index (χ2n) is 6.17. The molecule has 0 unspecified atom stereocenters. The first kappa shape index (κ1) is 16.8. The van der Waals surface area contributed by atoms with Gasteiger partial charge in [-0.2, -0.15) is 0 Å². The first-order chi connectivity index (χ1) is 9.25. The molecule has 0 bridgehead atoms. The zero-order valence-corrected chi connectivity index (χ0v) is 13.1. The molecule has 116 valence electrons. The lowest BCUT2D eigenvalue weighted by Crippen LogP contribution is -2.57. The number of nitrogens with zero attached hydrogens (tertiary/aromatic N) is 3. The molecule has 0 radical (unpaired) electrons. The first-order valence-corrected chi connectivity index (χ1v) is 7.26. The number of likely N-dealkylation sites (N-methyl/N-ethyl adjacent to an activating group) is 1. The fourth-order valence-corrected chi connectivity index (χ4v) is 2.35. The molecule has 0 spiro atoms. The number of hydrogen-bond acceptors (Lipinski definition) is 3. The van der Waals surface area contributed by atoms with E-state index in [9.17, 15) is 9.59 Å². The molecular formula is C14H27N3O3. The van der Waals surface area contributed by atoms with Crippen molar-refractivity contribution in [2.45, 2.75) is 39.7 Å². The Hall–Kier alpha value is -1.30. The van der Waals surface area contributed by atoms with E-state index in [1.165, 1.54) is 0 Å². The number of rotatable bonds is 4. The van der Waals surface area contributed by atoms with Crippen LogP contribution in [-0.4, -0.2) is 76.6 Å².